The van der Waals surface area contributed by atoms with Gasteiger partial charge in [-0.05, 0) is 13.5 Å². The molecule has 0 saturated heterocycles. The predicted molar refractivity (Wildman–Crippen MR) is 63.0 cm³/mol. The standard InChI is InChI=1S/C10H13N5S/c1-3-13-7(2)9-14-15-10(16-9)8-4-11-6-12-5-8/h4-7,13H,3H2,1-2H3. The first-order valence-corrected chi connectivity index (χ1v) is 5.95. The van der Waals surface area contributed by atoms with Gasteiger partial charge in [-0.15, -0.1) is 10.2 Å². The van der Waals surface area contributed by atoms with Gasteiger partial charge in [-0.3, -0.25) is 0 Å². The van der Waals surface area contributed by atoms with Gasteiger partial charge >= 0.3 is 0 Å². The van der Waals surface area contributed by atoms with Gasteiger partial charge in [0.25, 0.3) is 0 Å². The largest absolute Gasteiger partial charge is 0.308 e. The molecule has 1 atom stereocenters. The molecule has 0 spiro atoms. The van der Waals surface area contributed by atoms with E-state index in [-0.39, 0.29) is 6.04 Å². The minimum atomic E-state index is 0.237. The maximum Gasteiger partial charge on any atom is 0.150 e. The van der Waals surface area contributed by atoms with E-state index in [0.29, 0.717) is 0 Å². The third kappa shape index (κ3) is 2.40. The van der Waals surface area contributed by atoms with E-state index < -0.39 is 0 Å². The van der Waals surface area contributed by atoms with Crippen LogP contribution in [-0.2, 0) is 0 Å². The van der Waals surface area contributed by atoms with Gasteiger partial charge in [0.2, 0.25) is 0 Å². The molecular weight excluding hydrogens is 222 g/mol. The third-order valence-corrected chi connectivity index (χ3v) is 3.28. The molecule has 0 fully saturated rings. The van der Waals surface area contributed by atoms with Gasteiger partial charge in [0.15, 0.2) is 5.01 Å². The molecule has 0 amide bonds. The number of nitrogens with one attached hydrogen (secondary N) is 1. The molecule has 0 bridgehead atoms. The SMILES string of the molecule is CCNC(C)c1nnc(-c2cncnc2)s1. The molecule has 0 aliphatic carbocycles. The first-order chi connectivity index (χ1) is 7.81. The number of hydrogen-bond acceptors (Lipinski definition) is 6. The van der Waals surface area contributed by atoms with Crippen molar-refractivity contribution >= 4 is 11.3 Å². The summed E-state index contributed by atoms with van der Waals surface area (Å²) < 4.78 is 0. The quantitative estimate of drug-likeness (QED) is 0.873. The van der Waals surface area contributed by atoms with Crippen molar-refractivity contribution in [2.24, 2.45) is 0 Å². The molecule has 6 heteroatoms. The van der Waals surface area contributed by atoms with Crippen LogP contribution >= 0.6 is 11.3 Å². The van der Waals surface area contributed by atoms with Crippen LogP contribution in [0.2, 0.25) is 0 Å². The summed E-state index contributed by atoms with van der Waals surface area (Å²) in [5.74, 6) is 0. The fourth-order valence-electron chi connectivity index (χ4n) is 1.33. The van der Waals surface area contributed by atoms with Crippen LogP contribution in [0, 0.1) is 0 Å². The summed E-state index contributed by atoms with van der Waals surface area (Å²) in [6.45, 7) is 5.07. The second-order valence-electron chi connectivity index (χ2n) is 3.35. The van der Waals surface area contributed by atoms with E-state index in [0.717, 1.165) is 22.1 Å². The highest BCUT2D eigenvalue weighted by atomic mass is 32.1. The van der Waals surface area contributed by atoms with E-state index in [4.69, 9.17) is 0 Å². The Bertz CT molecular complexity index is 441. The number of nitrogens with zero attached hydrogens (tertiary/aromatic N) is 4. The highest BCUT2D eigenvalue weighted by molar-refractivity contribution is 7.14. The van der Waals surface area contributed by atoms with Crippen molar-refractivity contribution in [3.63, 3.8) is 0 Å². The predicted octanol–water partition coefficient (Wildman–Crippen LogP) is 1.67. The Morgan fingerprint density at radius 1 is 1.31 bits per heavy atom. The maximum absolute atomic E-state index is 4.16. The molecule has 1 N–H and O–H groups in total. The molecular formula is C10H13N5S. The summed E-state index contributed by atoms with van der Waals surface area (Å²) >= 11 is 1.57. The molecule has 0 aliphatic heterocycles. The second kappa shape index (κ2) is 5.09. The van der Waals surface area contributed by atoms with Crippen LogP contribution in [0.4, 0.5) is 0 Å². The summed E-state index contributed by atoms with van der Waals surface area (Å²) in [7, 11) is 0. The molecule has 0 aromatic carbocycles. The average Bonchev–Trinajstić information content (AvgIpc) is 2.80. The van der Waals surface area contributed by atoms with Gasteiger partial charge in [-0.25, -0.2) is 9.97 Å². The van der Waals surface area contributed by atoms with Crippen molar-refractivity contribution in [2.75, 3.05) is 6.54 Å². The summed E-state index contributed by atoms with van der Waals surface area (Å²) in [6.07, 6.45) is 5.00. The van der Waals surface area contributed by atoms with Crippen LogP contribution in [0.3, 0.4) is 0 Å². The van der Waals surface area contributed by atoms with Crippen molar-refractivity contribution in [1.29, 1.82) is 0 Å². The molecule has 0 radical (unpaired) electrons. The minimum Gasteiger partial charge on any atom is -0.308 e. The number of aromatic nitrogens is 4. The van der Waals surface area contributed by atoms with Gasteiger partial charge in [0.1, 0.15) is 11.3 Å². The molecule has 2 rings (SSSR count). The van der Waals surface area contributed by atoms with Crippen molar-refractivity contribution in [1.82, 2.24) is 25.5 Å². The van der Waals surface area contributed by atoms with E-state index in [2.05, 4.69) is 39.3 Å². The Morgan fingerprint density at radius 3 is 2.75 bits per heavy atom. The fourth-order valence-corrected chi connectivity index (χ4v) is 2.17. The first-order valence-electron chi connectivity index (χ1n) is 5.13. The highest BCUT2D eigenvalue weighted by Gasteiger charge is 2.11. The Hall–Kier alpha value is -1.40. The van der Waals surface area contributed by atoms with Crippen LogP contribution in [-0.4, -0.2) is 26.7 Å². The zero-order valence-electron chi connectivity index (χ0n) is 9.21. The van der Waals surface area contributed by atoms with Gasteiger partial charge in [-0.1, -0.05) is 18.3 Å². The molecule has 1 unspecified atom stereocenters. The normalized spacial score (nSPS) is 12.6. The van der Waals surface area contributed by atoms with E-state index in [1.54, 1.807) is 23.7 Å². The first kappa shape index (κ1) is 11.1. The van der Waals surface area contributed by atoms with E-state index >= 15 is 0 Å². The van der Waals surface area contributed by atoms with Crippen LogP contribution in [0.25, 0.3) is 10.6 Å². The Labute approximate surface area is 98.0 Å². The van der Waals surface area contributed by atoms with Crippen LogP contribution in [0.5, 0.6) is 0 Å². The summed E-state index contributed by atoms with van der Waals surface area (Å²) in [6, 6.07) is 0.237. The second-order valence-corrected chi connectivity index (χ2v) is 4.36. The smallest absolute Gasteiger partial charge is 0.150 e. The zero-order valence-corrected chi connectivity index (χ0v) is 10.0. The molecule has 0 saturated carbocycles. The number of rotatable bonds is 4. The maximum atomic E-state index is 4.16. The van der Waals surface area contributed by atoms with E-state index in [1.165, 1.54) is 6.33 Å². The van der Waals surface area contributed by atoms with Crippen LogP contribution in [0.15, 0.2) is 18.7 Å². The summed E-state index contributed by atoms with van der Waals surface area (Å²) in [4.78, 5) is 7.93. The molecule has 5 nitrogen and oxygen atoms in total. The van der Waals surface area contributed by atoms with Gasteiger partial charge in [-0.2, -0.15) is 0 Å². The number of hydrogen-bond donors (Lipinski definition) is 1. The molecule has 2 aromatic rings. The van der Waals surface area contributed by atoms with Crippen molar-refractivity contribution < 1.29 is 0 Å². The molecule has 2 aromatic heterocycles. The monoisotopic (exact) mass is 235 g/mol. The highest BCUT2D eigenvalue weighted by Crippen LogP contribution is 2.25. The van der Waals surface area contributed by atoms with E-state index in [1.807, 2.05) is 0 Å². The van der Waals surface area contributed by atoms with Crippen LogP contribution < -0.4 is 5.32 Å². The van der Waals surface area contributed by atoms with Crippen molar-refractivity contribution in [2.45, 2.75) is 19.9 Å². The molecule has 0 aliphatic rings. The average molecular weight is 235 g/mol. The summed E-state index contributed by atoms with van der Waals surface area (Å²) in [5.41, 5.74) is 0.912. The Kier molecular flexibility index (Phi) is 3.53. The Morgan fingerprint density at radius 2 is 2.06 bits per heavy atom. The lowest BCUT2D eigenvalue weighted by atomic mass is 10.3. The zero-order chi connectivity index (χ0) is 11.4. The third-order valence-electron chi connectivity index (χ3n) is 2.13. The van der Waals surface area contributed by atoms with Crippen molar-refractivity contribution in [3.05, 3.63) is 23.7 Å². The lowest BCUT2D eigenvalue weighted by Crippen LogP contribution is -2.17. The van der Waals surface area contributed by atoms with Gasteiger partial charge in [0, 0.05) is 18.0 Å². The summed E-state index contributed by atoms with van der Waals surface area (Å²) in [5, 5.41) is 13.5. The molecule has 2 heterocycles. The molecule has 84 valence electrons. The van der Waals surface area contributed by atoms with Crippen molar-refractivity contribution in [3.8, 4) is 10.6 Å². The van der Waals surface area contributed by atoms with E-state index in [9.17, 15) is 0 Å². The topological polar surface area (TPSA) is 63.6 Å². The minimum absolute atomic E-state index is 0.237. The van der Waals surface area contributed by atoms with Crippen LogP contribution in [0.1, 0.15) is 24.9 Å². The molecule has 16 heavy (non-hydrogen) atoms. The van der Waals surface area contributed by atoms with Gasteiger partial charge in [0.05, 0.1) is 6.04 Å². The lowest BCUT2D eigenvalue weighted by molar-refractivity contribution is 0.590. The van der Waals surface area contributed by atoms with Gasteiger partial charge < -0.3 is 5.32 Å². The Balaban J connectivity index is 2.20. The fraction of sp³-hybridized carbons (Fsp3) is 0.400. The lowest BCUT2D eigenvalue weighted by Gasteiger charge is -2.06.